The molecular weight excluding hydrogens is 340 g/mol. The second kappa shape index (κ2) is 6.70. The Morgan fingerprint density at radius 1 is 1.25 bits per heavy atom. The van der Waals surface area contributed by atoms with Crippen LogP contribution in [0.25, 0.3) is 20.7 Å². The van der Waals surface area contributed by atoms with E-state index in [0.29, 0.717) is 5.88 Å². The normalized spacial score (nSPS) is 13.4. The van der Waals surface area contributed by atoms with Gasteiger partial charge in [-0.3, -0.25) is 0 Å². The van der Waals surface area contributed by atoms with Gasteiger partial charge in [0.2, 0.25) is 5.88 Å². The van der Waals surface area contributed by atoms with Crippen LogP contribution in [-0.4, -0.2) is 34.0 Å². The number of aryl methyl sites for hydroxylation is 1. The highest BCUT2D eigenvalue weighted by Gasteiger charge is 2.25. The van der Waals surface area contributed by atoms with E-state index >= 15 is 0 Å². The van der Waals surface area contributed by atoms with Gasteiger partial charge >= 0.3 is 0 Å². The van der Waals surface area contributed by atoms with Crippen LogP contribution in [0.5, 0.6) is 5.88 Å². The lowest BCUT2D eigenvalue weighted by atomic mass is 10.1. The van der Waals surface area contributed by atoms with E-state index in [9.17, 15) is 0 Å². The number of aliphatic hydroxyl groups excluding tert-OH is 1. The van der Waals surface area contributed by atoms with Crippen molar-refractivity contribution in [1.82, 2.24) is 9.97 Å². The number of benzene rings is 1. The van der Waals surface area contributed by atoms with Gasteiger partial charge in [-0.05, 0) is 12.5 Å². The molecule has 0 aliphatic carbocycles. The summed E-state index contributed by atoms with van der Waals surface area (Å²) in [6, 6.07) is 8.53. The summed E-state index contributed by atoms with van der Waals surface area (Å²) in [5, 5.41) is 10.4. The van der Waals surface area contributed by atoms with Crippen molar-refractivity contribution >= 4 is 33.2 Å². The van der Waals surface area contributed by atoms with Crippen LogP contribution >= 0.6 is 23.1 Å². The number of thioether (sulfide) groups is 1. The van der Waals surface area contributed by atoms with Gasteiger partial charge in [-0.25, -0.2) is 4.98 Å². The van der Waals surface area contributed by atoms with Crippen LogP contribution in [0, 0.1) is 0 Å². The molecule has 2 aromatic heterocycles. The van der Waals surface area contributed by atoms with Crippen molar-refractivity contribution in [3.63, 3.8) is 0 Å². The van der Waals surface area contributed by atoms with Crippen molar-refractivity contribution in [3.8, 4) is 16.5 Å². The molecule has 0 radical (unpaired) electrons. The van der Waals surface area contributed by atoms with E-state index in [1.165, 1.54) is 19.9 Å². The Morgan fingerprint density at radius 2 is 2.12 bits per heavy atom. The maximum atomic E-state index is 9.10. The second-order valence-corrected chi connectivity index (χ2v) is 7.71. The molecule has 1 N–H and O–H groups in total. The minimum atomic E-state index is -0.0108. The predicted octanol–water partition coefficient (Wildman–Crippen LogP) is 3.94. The minimum Gasteiger partial charge on any atom is -0.475 e. The molecule has 24 heavy (non-hydrogen) atoms. The maximum Gasteiger partial charge on any atom is 0.220 e. The molecule has 3 heterocycles. The van der Waals surface area contributed by atoms with Gasteiger partial charge in [0.15, 0.2) is 0 Å². The molecule has 0 spiro atoms. The van der Waals surface area contributed by atoms with E-state index in [2.05, 4.69) is 36.2 Å². The van der Waals surface area contributed by atoms with E-state index in [1.807, 2.05) is 11.8 Å². The van der Waals surface area contributed by atoms with Gasteiger partial charge in [0.25, 0.3) is 0 Å². The standard InChI is InChI=1S/C18H18N2O2S2/c1-2-14-19-15-12(18(20-14)22-9-8-21)7-10-23-16-11-5-3-4-6-13(11)24-17(15)16/h3-6,21H,2,7-10H2,1H3. The number of rotatable bonds is 4. The molecule has 0 saturated heterocycles. The topological polar surface area (TPSA) is 55.2 Å². The smallest absolute Gasteiger partial charge is 0.220 e. The fourth-order valence-electron chi connectivity index (χ4n) is 2.92. The number of nitrogens with zero attached hydrogens (tertiary/aromatic N) is 2. The molecule has 0 fully saturated rings. The molecule has 1 aliphatic rings. The number of aliphatic hydroxyl groups is 1. The zero-order valence-corrected chi connectivity index (χ0v) is 15.0. The fourth-order valence-corrected chi connectivity index (χ4v) is 5.47. The van der Waals surface area contributed by atoms with Crippen LogP contribution in [0.4, 0.5) is 0 Å². The number of hydrogen-bond donors (Lipinski definition) is 1. The molecule has 4 nitrogen and oxygen atoms in total. The molecule has 3 aromatic rings. The Hall–Kier alpha value is -1.63. The van der Waals surface area contributed by atoms with Crippen LogP contribution < -0.4 is 4.74 Å². The monoisotopic (exact) mass is 358 g/mol. The van der Waals surface area contributed by atoms with Crippen LogP contribution in [-0.2, 0) is 12.8 Å². The lowest BCUT2D eigenvalue weighted by Crippen LogP contribution is -2.10. The highest BCUT2D eigenvalue weighted by Crippen LogP contribution is 2.48. The first-order valence-electron chi connectivity index (χ1n) is 8.10. The Labute approximate surface area is 148 Å². The van der Waals surface area contributed by atoms with Crippen LogP contribution in [0.1, 0.15) is 18.3 Å². The SMILES string of the molecule is CCc1nc(OCCO)c2c(n1)-c1sc3ccccc3c1SCC2. The van der Waals surface area contributed by atoms with E-state index in [4.69, 9.17) is 14.8 Å². The first-order chi connectivity index (χ1) is 11.8. The summed E-state index contributed by atoms with van der Waals surface area (Å²) < 4.78 is 7.02. The Bertz CT molecular complexity index is 892. The highest BCUT2D eigenvalue weighted by atomic mass is 32.2. The summed E-state index contributed by atoms with van der Waals surface area (Å²) in [4.78, 5) is 11.9. The van der Waals surface area contributed by atoms with Gasteiger partial charge in [0, 0.05) is 32.7 Å². The molecule has 0 saturated carbocycles. The zero-order chi connectivity index (χ0) is 16.5. The van der Waals surface area contributed by atoms with E-state index in [-0.39, 0.29) is 13.2 Å². The highest BCUT2D eigenvalue weighted by molar-refractivity contribution is 7.99. The number of aromatic nitrogens is 2. The summed E-state index contributed by atoms with van der Waals surface area (Å²) >= 11 is 3.68. The third kappa shape index (κ3) is 2.68. The first kappa shape index (κ1) is 15.9. The molecule has 4 rings (SSSR count). The fraction of sp³-hybridized carbons (Fsp3) is 0.333. The van der Waals surface area contributed by atoms with Crippen molar-refractivity contribution in [3.05, 3.63) is 35.7 Å². The lowest BCUT2D eigenvalue weighted by Gasteiger charge is -2.13. The summed E-state index contributed by atoms with van der Waals surface area (Å²) in [7, 11) is 0. The maximum absolute atomic E-state index is 9.10. The summed E-state index contributed by atoms with van der Waals surface area (Å²) in [6.07, 6.45) is 1.64. The van der Waals surface area contributed by atoms with Gasteiger partial charge in [0.1, 0.15) is 12.4 Å². The average Bonchev–Trinajstić information content (AvgIpc) is 2.89. The zero-order valence-electron chi connectivity index (χ0n) is 13.4. The van der Waals surface area contributed by atoms with Crippen LogP contribution in [0.15, 0.2) is 29.2 Å². The van der Waals surface area contributed by atoms with Gasteiger partial charge < -0.3 is 9.84 Å². The Morgan fingerprint density at radius 3 is 2.96 bits per heavy atom. The molecule has 1 aromatic carbocycles. The van der Waals surface area contributed by atoms with Crippen LogP contribution in [0.2, 0.25) is 0 Å². The van der Waals surface area contributed by atoms with Crippen molar-refractivity contribution < 1.29 is 9.84 Å². The molecule has 6 heteroatoms. The molecule has 1 aliphatic heterocycles. The van der Waals surface area contributed by atoms with E-state index < -0.39 is 0 Å². The summed E-state index contributed by atoms with van der Waals surface area (Å²) in [6.45, 7) is 2.30. The molecule has 0 amide bonds. The third-order valence-corrected chi connectivity index (χ3v) is 6.45. The number of thiophene rings is 1. The molecular formula is C18H18N2O2S2. The minimum absolute atomic E-state index is 0.0108. The Balaban J connectivity index is 1.95. The number of hydrogen-bond acceptors (Lipinski definition) is 6. The van der Waals surface area contributed by atoms with E-state index in [1.54, 1.807) is 11.3 Å². The van der Waals surface area contributed by atoms with Crippen molar-refractivity contribution in [2.24, 2.45) is 0 Å². The first-order valence-corrected chi connectivity index (χ1v) is 9.90. The number of fused-ring (bicyclic) bond motifs is 5. The predicted molar refractivity (Wildman–Crippen MR) is 99.2 cm³/mol. The van der Waals surface area contributed by atoms with Gasteiger partial charge in [-0.15, -0.1) is 23.1 Å². The van der Waals surface area contributed by atoms with Crippen molar-refractivity contribution in [2.45, 2.75) is 24.7 Å². The average molecular weight is 358 g/mol. The summed E-state index contributed by atoms with van der Waals surface area (Å²) in [5.41, 5.74) is 2.08. The van der Waals surface area contributed by atoms with Crippen LogP contribution in [0.3, 0.4) is 0 Å². The molecule has 0 unspecified atom stereocenters. The quantitative estimate of drug-likeness (QED) is 0.765. The molecule has 0 atom stereocenters. The van der Waals surface area contributed by atoms with Gasteiger partial charge in [-0.2, -0.15) is 4.98 Å². The second-order valence-electron chi connectivity index (χ2n) is 5.55. The van der Waals surface area contributed by atoms with Crippen molar-refractivity contribution in [1.29, 1.82) is 0 Å². The summed E-state index contributed by atoms with van der Waals surface area (Å²) in [5.74, 6) is 2.40. The molecule has 0 bridgehead atoms. The van der Waals surface area contributed by atoms with E-state index in [0.717, 1.165) is 35.7 Å². The molecule has 124 valence electrons. The van der Waals surface area contributed by atoms with Gasteiger partial charge in [-0.1, -0.05) is 25.1 Å². The number of ether oxygens (including phenoxy) is 1. The lowest BCUT2D eigenvalue weighted by molar-refractivity contribution is 0.195. The largest absolute Gasteiger partial charge is 0.475 e. The van der Waals surface area contributed by atoms with Gasteiger partial charge in [0.05, 0.1) is 17.2 Å². The van der Waals surface area contributed by atoms with Crippen molar-refractivity contribution in [2.75, 3.05) is 19.0 Å². The third-order valence-electron chi connectivity index (χ3n) is 4.03. The Kier molecular flexibility index (Phi) is 4.43.